The number of benzene rings is 1. The highest BCUT2D eigenvalue weighted by atomic mass is 35.5. The lowest BCUT2D eigenvalue weighted by atomic mass is 10.1. The summed E-state index contributed by atoms with van der Waals surface area (Å²) in [6.45, 7) is 3.27. The summed E-state index contributed by atoms with van der Waals surface area (Å²) in [7, 11) is 0. The van der Waals surface area contributed by atoms with E-state index in [1.807, 2.05) is 0 Å². The number of amides is 1. The minimum atomic E-state index is -0.965. The number of halogens is 2. The monoisotopic (exact) mass is 366 g/mol. The average molecular weight is 367 g/mol. The Bertz CT molecular complexity index is 738. The number of rotatable bonds is 5. The molecular formula is C17H16Cl2N2O3. The van der Waals surface area contributed by atoms with Crippen molar-refractivity contribution in [3.63, 3.8) is 0 Å². The maximum atomic E-state index is 12.2. The molecule has 1 aromatic carbocycles. The Kier molecular flexibility index (Phi) is 6.17. The quantitative estimate of drug-likeness (QED) is 0.816. The van der Waals surface area contributed by atoms with Crippen LogP contribution in [0.25, 0.3) is 0 Å². The van der Waals surface area contributed by atoms with Crippen LogP contribution in [0.1, 0.15) is 35.9 Å². The van der Waals surface area contributed by atoms with Gasteiger partial charge in [-0.3, -0.25) is 4.79 Å². The van der Waals surface area contributed by atoms with E-state index >= 15 is 0 Å². The summed E-state index contributed by atoms with van der Waals surface area (Å²) < 4.78 is 5.12. The van der Waals surface area contributed by atoms with Crippen LogP contribution in [0.3, 0.4) is 0 Å². The summed E-state index contributed by atoms with van der Waals surface area (Å²) in [5.74, 6) is -1.09. The van der Waals surface area contributed by atoms with Crippen LogP contribution >= 0.6 is 23.2 Å². The lowest BCUT2D eigenvalue weighted by molar-refractivity contribution is -0.129. The molecule has 1 heterocycles. The van der Waals surface area contributed by atoms with Crippen molar-refractivity contribution in [3.05, 3.63) is 63.9 Å². The number of hydrogen-bond acceptors (Lipinski definition) is 4. The van der Waals surface area contributed by atoms with Crippen molar-refractivity contribution in [2.45, 2.75) is 26.0 Å². The molecule has 24 heavy (non-hydrogen) atoms. The van der Waals surface area contributed by atoms with Gasteiger partial charge < -0.3 is 10.1 Å². The van der Waals surface area contributed by atoms with Crippen LogP contribution in [0.2, 0.25) is 10.0 Å². The van der Waals surface area contributed by atoms with Gasteiger partial charge in [-0.25, -0.2) is 9.78 Å². The van der Waals surface area contributed by atoms with Crippen molar-refractivity contribution in [1.82, 2.24) is 10.3 Å². The first-order valence-electron chi connectivity index (χ1n) is 7.26. The number of nitrogens with one attached hydrogen (secondary N) is 1. The smallest absolute Gasteiger partial charge is 0.357 e. The number of carbonyl (C=O) groups excluding carboxylic acids is 2. The third kappa shape index (κ3) is 4.69. The molecular weight excluding hydrogens is 351 g/mol. The van der Waals surface area contributed by atoms with Crippen molar-refractivity contribution in [3.8, 4) is 0 Å². The van der Waals surface area contributed by atoms with Crippen LogP contribution in [0.15, 0.2) is 42.6 Å². The molecule has 1 amide bonds. The van der Waals surface area contributed by atoms with Crippen molar-refractivity contribution in [2.75, 3.05) is 0 Å². The molecule has 0 aliphatic heterocycles. The highest BCUT2D eigenvalue weighted by Gasteiger charge is 2.22. The molecule has 0 bridgehead atoms. The predicted molar refractivity (Wildman–Crippen MR) is 92.1 cm³/mol. The topological polar surface area (TPSA) is 68.3 Å². The van der Waals surface area contributed by atoms with Gasteiger partial charge in [0, 0.05) is 16.2 Å². The van der Waals surface area contributed by atoms with E-state index in [0.717, 1.165) is 5.56 Å². The lowest BCUT2D eigenvalue weighted by Gasteiger charge is -2.19. The minimum Gasteiger partial charge on any atom is -0.448 e. The molecule has 0 aliphatic carbocycles. The Hall–Kier alpha value is -2.11. The summed E-state index contributed by atoms with van der Waals surface area (Å²) in [4.78, 5) is 28.0. The fourth-order valence-corrected chi connectivity index (χ4v) is 2.59. The number of nitrogens with zero attached hydrogens (tertiary/aromatic N) is 1. The molecule has 2 aromatic rings. The maximum Gasteiger partial charge on any atom is 0.357 e. The molecule has 0 radical (unpaired) electrons. The Morgan fingerprint density at radius 2 is 1.92 bits per heavy atom. The predicted octanol–water partition coefficient (Wildman–Crippen LogP) is 3.81. The Morgan fingerprint density at radius 3 is 2.54 bits per heavy atom. The maximum absolute atomic E-state index is 12.2. The molecule has 5 nitrogen and oxygen atoms in total. The summed E-state index contributed by atoms with van der Waals surface area (Å²) in [5.41, 5.74) is 0.864. The van der Waals surface area contributed by atoms with E-state index in [1.165, 1.54) is 19.2 Å². The molecule has 0 saturated carbocycles. The Morgan fingerprint density at radius 1 is 1.17 bits per heavy atom. The molecule has 1 aromatic heterocycles. The van der Waals surface area contributed by atoms with E-state index in [1.54, 1.807) is 37.3 Å². The van der Waals surface area contributed by atoms with Gasteiger partial charge in [0.25, 0.3) is 5.91 Å². The van der Waals surface area contributed by atoms with Crippen LogP contribution in [0.4, 0.5) is 0 Å². The zero-order valence-corrected chi connectivity index (χ0v) is 14.6. The van der Waals surface area contributed by atoms with E-state index in [4.69, 9.17) is 27.9 Å². The van der Waals surface area contributed by atoms with E-state index in [2.05, 4.69) is 10.3 Å². The molecule has 0 spiro atoms. The minimum absolute atomic E-state index is 0.144. The largest absolute Gasteiger partial charge is 0.448 e. The molecule has 0 saturated heterocycles. The molecule has 7 heteroatoms. The fraction of sp³-hybridized carbons (Fsp3) is 0.235. The zero-order chi connectivity index (χ0) is 17.7. The van der Waals surface area contributed by atoms with E-state index < -0.39 is 18.0 Å². The second-order valence-electron chi connectivity index (χ2n) is 5.16. The highest BCUT2D eigenvalue weighted by Crippen LogP contribution is 2.26. The van der Waals surface area contributed by atoms with Gasteiger partial charge in [0.2, 0.25) is 0 Å². The third-order valence-corrected chi connectivity index (χ3v) is 3.88. The highest BCUT2D eigenvalue weighted by molar-refractivity contribution is 6.35. The first kappa shape index (κ1) is 18.2. The lowest BCUT2D eigenvalue weighted by Crippen LogP contribution is -2.37. The SMILES string of the molecule is C[C@@H](OC(=O)c1ccccn1)C(=O)N[C@H](C)c1ccc(Cl)cc1Cl. The van der Waals surface area contributed by atoms with Crippen molar-refractivity contribution >= 4 is 35.1 Å². The van der Waals surface area contributed by atoms with E-state index in [-0.39, 0.29) is 11.7 Å². The molecule has 2 rings (SSSR count). The first-order chi connectivity index (χ1) is 11.4. The normalized spacial score (nSPS) is 13.0. The molecule has 2 atom stereocenters. The number of aromatic nitrogens is 1. The van der Waals surface area contributed by atoms with Gasteiger partial charge in [0.05, 0.1) is 6.04 Å². The Balaban J connectivity index is 1.97. The van der Waals surface area contributed by atoms with E-state index in [9.17, 15) is 9.59 Å². The van der Waals surface area contributed by atoms with E-state index in [0.29, 0.717) is 10.0 Å². The average Bonchev–Trinajstić information content (AvgIpc) is 2.55. The molecule has 0 fully saturated rings. The van der Waals surface area contributed by atoms with Crippen molar-refractivity contribution in [1.29, 1.82) is 0 Å². The number of ether oxygens (including phenoxy) is 1. The van der Waals surface area contributed by atoms with Crippen LogP contribution in [-0.2, 0) is 9.53 Å². The van der Waals surface area contributed by atoms with Gasteiger partial charge in [0.15, 0.2) is 6.10 Å². The number of esters is 1. The van der Waals surface area contributed by atoms with Gasteiger partial charge >= 0.3 is 5.97 Å². The van der Waals surface area contributed by atoms with Crippen LogP contribution in [0.5, 0.6) is 0 Å². The van der Waals surface area contributed by atoms with Crippen molar-refractivity contribution < 1.29 is 14.3 Å². The number of hydrogen-bond donors (Lipinski definition) is 1. The van der Waals surface area contributed by atoms with Crippen molar-refractivity contribution in [2.24, 2.45) is 0 Å². The number of carbonyl (C=O) groups is 2. The summed E-state index contributed by atoms with van der Waals surface area (Å²) >= 11 is 12.0. The van der Waals surface area contributed by atoms with Crippen LogP contribution in [0, 0.1) is 0 Å². The van der Waals surface area contributed by atoms with Gasteiger partial charge in [-0.05, 0) is 43.7 Å². The first-order valence-corrected chi connectivity index (χ1v) is 8.01. The molecule has 0 unspecified atom stereocenters. The molecule has 1 N–H and O–H groups in total. The standard InChI is InChI=1S/C17H16Cl2N2O3/c1-10(13-7-6-12(18)9-14(13)19)21-16(22)11(2)24-17(23)15-5-3-4-8-20-15/h3-11H,1-2H3,(H,21,22)/t10-,11-/m1/s1. The summed E-state index contributed by atoms with van der Waals surface area (Å²) in [6.07, 6.45) is 0.513. The van der Waals surface area contributed by atoms with Crippen LogP contribution in [-0.4, -0.2) is 23.0 Å². The summed E-state index contributed by atoms with van der Waals surface area (Å²) in [6, 6.07) is 9.53. The Labute approximate surface area is 149 Å². The molecule has 126 valence electrons. The second kappa shape index (κ2) is 8.13. The molecule has 0 aliphatic rings. The van der Waals surface area contributed by atoms with Gasteiger partial charge in [0.1, 0.15) is 5.69 Å². The zero-order valence-electron chi connectivity index (χ0n) is 13.1. The van der Waals surface area contributed by atoms with Gasteiger partial charge in [-0.2, -0.15) is 0 Å². The van der Waals surface area contributed by atoms with Crippen LogP contribution < -0.4 is 5.32 Å². The number of pyridine rings is 1. The second-order valence-corrected chi connectivity index (χ2v) is 6.00. The fourth-order valence-electron chi connectivity index (χ4n) is 2.02. The third-order valence-electron chi connectivity index (χ3n) is 3.31. The van der Waals surface area contributed by atoms with Gasteiger partial charge in [-0.15, -0.1) is 0 Å². The summed E-state index contributed by atoms with van der Waals surface area (Å²) in [5, 5.41) is 3.72. The van der Waals surface area contributed by atoms with Gasteiger partial charge in [-0.1, -0.05) is 35.3 Å².